The molecule has 0 spiro atoms. The molecule has 0 aromatic carbocycles. The lowest BCUT2D eigenvalue weighted by Crippen LogP contribution is -2.52. The molecule has 4 rings (SSSR count). The van der Waals surface area contributed by atoms with Crippen LogP contribution in [0.15, 0.2) is 24.9 Å². The molecule has 0 atom stereocenters. The highest BCUT2D eigenvalue weighted by molar-refractivity contribution is 5.65. The lowest BCUT2D eigenvalue weighted by molar-refractivity contribution is 0.0710. The maximum atomic E-state index is 11.0. The third-order valence-corrected chi connectivity index (χ3v) is 5.56. The zero-order valence-electron chi connectivity index (χ0n) is 13.7. The lowest BCUT2D eigenvalue weighted by Gasteiger charge is -2.41. The van der Waals surface area contributed by atoms with Crippen LogP contribution in [0.4, 0.5) is 4.79 Å². The second-order valence-corrected chi connectivity index (χ2v) is 6.81. The molecular formula is C17H23N5O2. The van der Waals surface area contributed by atoms with Crippen molar-refractivity contribution in [3.05, 3.63) is 30.6 Å². The van der Waals surface area contributed by atoms with Gasteiger partial charge in [0.1, 0.15) is 0 Å². The average Bonchev–Trinajstić information content (AvgIpc) is 3.06. The predicted molar refractivity (Wildman–Crippen MR) is 89.2 cm³/mol. The van der Waals surface area contributed by atoms with Crippen LogP contribution in [0.3, 0.4) is 0 Å². The van der Waals surface area contributed by atoms with E-state index >= 15 is 0 Å². The average molecular weight is 329 g/mol. The van der Waals surface area contributed by atoms with Crippen LogP contribution in [0.5, 0.6) is 0 Å². The highest BCUT2D eigenvalue weighted by Crippen LogP contribution is 2.35. The normalized spacial score (nSPS) is 25.9. The van der Waals surface area contributed by atoms with Crippen LogP contribution in [0.1, 0.15) is 37.3 Å². The number of carbonyl (C=O) groups is 1. The van der Waals surface area contributed by atoms with E-state index in [-0.39, 0.29) is 0 Å². The first-order valence-corrected chi connectivity index (χ1v) is 8.71. The van der Waals surface area contributed by atoms with Gasteiger partial charge in [-0.25, -0.2) is 9.78 Å². The lowest BCUT2D eigenvalue weighted by atomic mass is 9.83. The molecule has 2 fully saturated rings. The fourth-order valence-corrected chi connectivity index (χ4v) is 4.17. The van der Waals surface area contributed by atoms with Gasteiger partial charge in [0, 0.05) is 50.5 Å². The van der Waals surface area contributed by atoms with Crippen LogP contribution in [0.25, 0.3) is 5.52 Å². The van der Waals surface area contributed by atoms with Crippen molar-refractivity contribution in [1.82, 2.24) is 24.2 Å². The number of fused-ring (bicyclic) bond motifs is 1. The Hall–Kier alpha value is -2.15. The van der Waals surface area contributed by atoms with Crippen molar-refractivity contribution in [1.29, 1.82) is 0 Å². The minimum absolute atomic E-state index is 0.510. The number of hydrogen-bond donors (Lipinski definition) is 1. The Bertz CT molecular complexity index is 715. The van der Waals surface area contributed by atoms with Gasteiger partial charge in [-0.1, -0.05) is 0 Å². The van der Waals surface area contributed by atoms with Crippen molar-refractivity contribution in [3.8, 4) is 0 Å². The predicted octanol–water partition coefficient (Wildman–Crippen LogP) is 2.05. The van der Waals surface area contributed by atoms with E-state index in [9.17, 15) is 4.79 Å². The van der Waals surface area contributed by atoms with Gasteiger partial charge in [-0.05, 0) is 25.7 Å². The van der Waals surface area contributed by atoms with Gasteiger partial charge < -0.3 is 14.4 Å². The van der Waals surface area contributed by atoms with Crippen molar-refractivity contribution in [2.75, 3.05) is 26.2 Å². The number of rotatable bonds is 2. The second kappa shape index (κ2) is 6.39. The summed E-state index contributed by atoms with van der Waals surface area (Å²) in [7, 11) is 0. The highest BCUT2D eigenvalue weighted by Gasteiger charge is 2.31. The van der Waals surface area contributed by atoms with Gasteiger partial charge in [0.05, 0.1) is 23.7 Å². The Morgan fingerprint density at radius 1 is 1.12 bits per heavy atom. The molecule has 1 amide bonds. The van der Waals surface area contributed by atoms with E-state index in [1.165, 1.54) is 10.6 Å². The van der Waals surface area contributed by atoms with Crippen molar-refractivity contribution in [3.63, 3.8) is 0 Å². The van der Waals surface area contributed by atoms with Crippen LogP contribution >= 0.6 is 0 Å². The number of hydrogen-bond acceptors (Lipinski definition) is 4. The summed E-state index contributed by atoms with van der Waals surface area (Å²) in [5.41, 5.74) is 2.30. The van der Waals surface area contributed by atoms with Crippen LogP contribution in [0, 0.1) is 0 Å². The molecule has 128 valence electrons. The third kappa shape index (κ3) is 2.84. The Morgan fingerprint density at radius 3 is 2.58 bits per heavy atom. The molecule has 7 nitrogen and oxygen atoms in total. The van der Waals surface area contributed by atoms with E-state index in [1.807, 2.05) is 23.1 Å². The Balaban J connectivity index is 1.36. The van der Waals surface area contributed by atoms with Crippen molar-refractivity contribution < 1.29 is 9.90 Å². The molecule has 0 radical (unpaired) electrons. The summed E-state index contributed by atoms with van der Waals surface area (Å²) in [4.78, 5) is 23.9. The van der Waals surface area contributed by atoms with Gasteiger partial charge in [-0.2, -0.15) is 0 Å². The molecule has 2 aliphatic rings. The summed E-state index contributed by atoms with van der Waals surface area (Å²) in [6, 6.07) is 0.587. The molecule has 3 heterocycles. The molecular weight excluding hydrogens is 306 g/mol. The van der Waals surface area contributed by atoms with E-state index < -0.39 is 6.09 Å². The molecule has 0 unspecified atom stereocenters. The fourth-order valence-electron chi connectivity index (χ4n) is 4.17. The van der Waals surface area contributed by atoms with Gasteiger partial charge >= 0.3 is 6.09 Å². The summed E-state index contributed by atoms with van der Waals surface area (Å²) in [5, 5.41) is 9.06. The smallest absolute Gasteiger partial charge is 0.407 e. The number of piperazine rings is 1. The minimum Gasteiger partial charge on any atom is -0.465 e. The van der Waals surface area contributed by atoms with E-state index in [4.69, 9.17) is 5.11 Å². The summed E-state index contributed by atoms with van der Waals surface area (Å²) < 4.78 is 2.04. The van der Waals surface area contributed by atoms with Gasteiger partial charge in [0.25, 0.3) is 0 Å². The summed E-state index contributed by atoms with van der Waals surface area (Å²) in [6.45, 7) is 2.98. The van der Waals surface area contributed by atoms with Gasteiger partial charge in [-0.15, -0.1) is 0 Å². The third-order valence-electron chi connectivity index (χ3n) is 5.56. The number of nitrogens with zero attached hydrogens (tertiary/aromatic N) is 5. The van der Waals surface area contributed by atoms with E-state index in [0.29, 0.717) is 25.0 Å². The highest BCUT2D eigenvalue weighted by atomic mass is 16.4. The van der Waals surface area contributed by atoms with E-state index in [2.05, 4.69) is 14.9 Å². The summed E-state index contributed by atoms with van der Waals surface area (Å²) in [6.07, 6.45) is 11.3. The first-order valence-electron chi connectivity index (χ1n) is 8.71. The summed E-state index contributed by atoms with van der Waals surface area (Å²) >= 11 is 0. The molecule has 24 heavy (non-hydrogen) atoms. The van der Waals surface area contributed by atoms with E-state index in [0.717, 1.165) is 44.3 Å². The van der Waals surface area contributed by atoms with Gasteiger partial charge in [0.15, 0.2) is 0 Å². The molecule has 1 saturated heterocycles. The Labute approximate surface area is 140 Å². The number of amides is 1. The van der Waals surface area contributed by atoms with Crippen molar-refractivity contribution in [2.24, 2.45) is 0 Å². The van der Waals surface area contributed by atoms with Gasteiger partial charge in [-0.3, -0.25) is 9.88 Å². The molecule has 0 bridgehead atoms. The first-order chi connectivity index (χ1) is 11.7. The standard InChI is InChI=1S/C17H23N5O2/c23-17(24)21-9-7-20(8-10-21)14-3-1-13(2-4-14)16-15-11-18-5-6-22(15)12-19-16/h5-6,11-14H,1-4,7-10H2,(H,23,24). The van der Waals surface area contributed by atoms with Gasteiger partial charge in [0.2, 0.25) is 0 Å². The van der Waals surface area contributed by atoms with Crippen LogP contribution < -0.4 is 0 Å². The summed E-state index contributed by atoms with van der Waals surface area (Å²) in [5.74, 6) is 0.510. The fraction of sp³-hybridized carbons (Fsp3) is 0.588. The van der Waals surface area contributed by atoms with E-state index in [1.54, 1.807) is 6.20 Å². The molecule has 1 saturated carbocycles. The second-order valence-electron chi connectivity index (χ2n) is 6.81. The SMILES string of the molecule is O=C(O)N1CCN(C2CCC(c3ncn4ccncc34)CC2)CC1. The van der Waals surface area contributed by atoms with Crippen LogP contribution in [0.2, 0.25) is 0 Å². The number of aromatic nitrogens is 3. The first kappa shape index (κ1) is 15.4. The monoisotopic (exact) mass is 329 g/mol. The maximum absolute atomic E-state index is 11.0. The molecule has 2 aromatic rings. The largest absolute Gasteiger partial charge is 0.465 e. The number of imidazole rings is 1. The van der Waals surface area contributed by atoms with Crippen molar-refractivity contribution in [2.45, 2.75) is 37.6 Å². The number of carboxylic acid groups (broad SMARTS) is 1. The molecule has 2 aromatic heterocycles. The molecule has 1 N–H and O–H groups in total. The Morgan fingerprint density at radius 2 is 1.88 bits per heavy atom. The molecule has 1 aliphatic carbocycles. The quantitative estimate of drug-likeness (QED) is 0.913. The Kier molecular flexibility index (Phi) is 4.10. The molecule has 1 aliphatic heterocycles. The maximum Gasteiger partial charge on any atom is 0.407 e. The van der Waals surface area contributed by atoms with Crippen molar-refractivity contribution >= 4 is 11.6 Å². The zero-order chi connectivity index (χ0) is 16.5. The van der Waals surface area contributed by atoms with Crippen LogP contribution in [-0.2, 0) is 0 Å². The topological polar surface area (TPSA) is 74.0 Å². The van der Waals surface area contributed by atoms with Crippen LogP contribution in [-0.4, -0.2) is 67.6 Å². The zero-order valence-corrected chi connectivity index (χ0v) is 13.7. The molecule has 7 heteroatoms. The minimum atomic E-state index is -0.793.